The molecule has 1 aliphatic carbocycles. The summed E-state index contributed by atoms with van der Waals surface area (Å²) in [5.41, 5.74) is 2.01. The van der Waals surface area contributed by atoms with E-state index < -0.39 is 17.9 Å². The fourth-order valence-electron chi connectivity index (χ4n) is 3.71. The second kappa shape index (κ2) is 8.48. The van der Waals surface area contributed by atoms with Crippen LogP contribution in [0.15, 0.2) is 70.7 Å². The van der Waals surface area contributed by atoms with Crippen molar-refractivity contribution in [3.05, 3.63) is 92.0 Å². The zero-order chi connectivity index (χ0) is 19.4. The number of allylic oxidation sites excluding steroid dienone is 1. The van der Waals surface area contributed by atoms with E-state index in [1.807, 2.05) is 60.7 Å². The molecule has 0 fully saturated rings. The third-order valence-corrected chi connectivity index (χ3v) is 5.42. The van der Waals surface area contributed by atoms with Crippen molar-refractivity contribution < 1.29 is 14.5 Å². The Hall–Kier alpha value is -2.47. The number of carbonyl (C=O) groups is 1. The minimum Gasteiger partial charge on any atom is -0.463 e. The van der Waals surface area contributed by atoms with Gasteiger partial charge in [-0.2, -0.15) is 0 Å². The zero-order valence-electron chi connectivity index (χ0n) is 14.9. The normalized spacial score (nSPS) is 22.0. The van der Waals surface area contributed by atoms with Crippen LogP contribution in [0, 0.1) is 10.1 Å². The van der Waals surface area contributed by atoms with Crippen molar-refractivity contribution in [2.75, 3.05) is 6.61 Å². The van der Waals surface area contributed by atoms with Crippen LogP contribution < -0.4 is 0 Å². The van der Waals surface area contributed by atoms with Crippen LogP contribution in [0.3, 0.4) is 0 Å². The van der Waals surface area contributed by atoms with E-state index in [1.165, 1.54) is 0 Å². The average molecular weight is 430 g/mol. The van der Waals surface area contributed by atoms with Crippen molar-refractivity contribution in [2.24, 2.45) is 0 Å². The molecular weight excluding hydrogens is 410 g/mol. The number of rotatable bonds is 5. The molecule has 0 radical (unpaired) electrons. The summed E-state index contributed by atoms with van der Waals surface area (Å²) in [5.74, 6) is -1.45. The van der Waals surface area contributed by atoms with E-state index in [9.17, 15) is 14.9 Å². The summed E-state index contributed by atoms with van der Waals surface area (Å²) in [5, 5.41) is 12.1. The van der Waals surface area contributed by atoms with Gasteiger partial charge in [-0.05, 0) is 36.6 Å². The van der Waals surface area contributed by atoms with Gasteiger partial charge in [0.25, 0.3) is 0 Å². The number of hydrogen-bond donors (Lipinski definition) is 0. The first-order valence-electron chi connectivity index (χ1n) is 8.84. The van der Waals surface area contributed by atoms with Crippen LogP contribution in [0.25, 0.3) is 0 Å². The first kappa shape index (κ1) is 19.3. The molecule has 0 saturated heterocycles. The van der Waals surface area contributed by atoms with Gasteiger partial charge < -0.3 is 4.74 Å². The summed E-state index contributed by atoms with van der Waals surface area (Å²) in [7, 11) is 0. The van der Waals surface area contributed by atoms with Gasteiger partial charge in [0.1, 0.15) is 0 Å². The van der Waals surface area contributed by atoms with Crippen LogP contribution in [-0.4, -0.2) is 23.5 Å². The van der Waals surface area contributed by atoms with Gasteiger partial charge >= 0.3 is 5.97 Å². The van der Waals surface area contributed by atoms with Gasteiger partial charge in [0.2, 0.25) is 6.04 Å². The van der Waals surface area contributed by atoms with E-state index in [4.69, 9.17) is 4.74 Å². The van der Waals surface area contributed by atoms with E-state index >= 15 is 0 Å². The molecule has 0 aromatic heterocycles. The van der Waals surface area contributed by atoms with Crippen LogP contribution in [-0.2, 0) is 9.53 Å². The minimum absolute atomic E-state index is 0.233. The van der Waals surface area contributed by atoms with Gasteiger partial charge in [-0.1, -0.05) is 64.5 Å². The highest BCUT2D eigenvalue weighted by Gasteiger charge is 2.47. The number of halogens is 1. The van der Waals surface area contributed by atoms with E-state index in [2.05, 4.69) is 15.9 Å². The van der Waals surface area contributed by atoms with E-state index in [0.29, 0.717) is 12.0 Å². The molecule has 5 nitrogen and oxygen atoms in total. The first-order chi connectivity index (χ1) is 13.0. The Kier molecular flexibility index (Phi) is 6.06. The molecule has 1 aliphatic rings. The fourth-order valence-corrected chi connectivity index (χ4v) is 3.97. The summed E-state index contributed by atoms with van der Waals surface area (Å²) in [4.78, 5) is 24.4. The number of nitrogens with zero attached hydrogens (tertiary/aromatic N) is 1. The molecule has 0 unspecified atom stereocenters. The maximum atomic E-state index is 12.5. The van der Waals surface area contributed by atoms with Gasteiger partial charge in [0.15, 0.2) is 0 Å². The second-order valence-corrected chi connectivity index (χ2v) is 7.35. The maximum absolute atomic E-state index is 12.5. The molecule has 6 heteroatoms. The number of hydrogen-bond acceptors (Lipinski definition) is 4. The molecule has 27 heavy (non-hydrogen) atoms. The number of ether oxygens (including phenoxy) is 1. The fraction of sp³-hybridized carbons (Fsp3) is 0.286. The largest absolute Gasteiger partial charge is 0.463 e. The molecule has 140 valence electrons. The lowest BCUT2D eigenvalue weighted by molar-refractivity contribution is -0.530. The van der Waals surface area contributed by atoms with Crippen LogP contribution in [0.5, 0.6) is 0 Å². The molecule has 0 spiro atoms. The second-order valence-electron chi connectivity index (χ2n) is 6.44. The standard InChI is InChI=1S/C21H20BrNO4/c1-2-27-21(24)18-13-12-17(14-8-10-16(22)11-9-14)20(23(25)26)19(18)15-6-4-3-5-7-15/h3-11,13,17,19-20H,2,12H2,1H3/t17-,19-,20+/m0/s1. The monoisotopic (exact) mass is 429 g/mol. The summed E-state index contributed by atoms with van der Waals surface area (Å²) in [6.45, 7) is 1.96. The van der Waals surface area contributed by atoms with Crippen LogP contribution in [0.2, 0.25) is 0 Å². The zero-order valence-corrected chi connectivity index (χ0v) is 16.5. The molecule has 0 aliphatic heterocycles. The maximum Gasteiger partial charge on any atom is 0.334 e. The number of carbonyl (C=O) groups excluding carboxylic acids is 1. The van der Waals surface area contributed by atoms with Gasteiger partial charge in [0, 0.05) is 15.0 Å². The van der Waals surface area contributed by atoms with Crippen LogP contribution in [0.1, 0.15) is 36.3 Å². The van der Waals surface area contributed by atoms with Gasteiger partial charge in [0.05, 0.1) is 18.4 Å². The van der Waals surface area contributed by atoms with E-state index in [0.717, 1.165) is 15.6 Å². The Bertz CT molecular complexity index is 848. The minimum atomic E-state index is -0.946. The topological polar surface area (TPSA) is 69.4 Å². The highest BCUT2D eigenvalue weighted by atomic mass is 79.9. The summed E-state index contributed by atoms with van der Waals surface area (Å²) in [6, 6.07) is 15.8. The Morgan fingerprint density at radius 2 is 1.81 bits per heavy atom. The van der Waals surface area contributed by atoms with Crippen LogP contribution in [0.4, 0.5) is 0 Å². The molecule has 3 atom stereocenters. The van der Waals surface area contributed by atoms with Crippen molar-refractivity contribution in [3.63, 3.8) is 0 Å². The lowest BCUT2D eigenvalue weighted by Gasteiger charge is -2.32. The SMILES string of the molecule is CCOC(=O)C1=CC[C@@H](c2ccc(Br)cc2)[C@@H]([N+](=O)[O-])[C@H]1c1ccccc1. The lowest BCUT2D eigenvalue weighted by Crippen LogP contribution is -2.39. The molecule has 2 aromatic carbocycles. The highest BCUT2D eigenvalue weighted by molar-refractivity contribution is 9.10. The van der Waals surface area contributed by atoms with Crippen molar-refractivity contribution in [2.45, 2.75) is 31.2 Å². The van der Waals surface area contributed by atoms with Crippen LogP contribution >= 0.6 is 15.9 Å². The quantitative estimate of drug-likeness (QED) is 0.386. The first-order valence-corrected chi connectivity index (χ1v) is 9.63. The van der Waals surface area contributed by atoms with Gasteiger partial charge in [-0.3, -0.25) is 10.1 Å². The average Bonchev–Trinajstić information content (AvgIpc) is 2.68. The molecule has 0 bridgehead atoms. The van der Waals surface area contributed by atoms with Crippen molar-refractivity contribution in [3.8, 4) is 0 Å². The number of esters is 1. The molecular formula is C21H20BrNO4. The van der Waals surface area contributed by atoms with Crippen molar-refractivity contribution in [1.82, 2.24) is 0 Å². The Labute approximate surface area is 166 Å². The van der Waals surface area contributed by atoms with E-state index in [1.54, 1.807) is 6.92 Å². The highest BCUT2D eigenvalue weighted by Crippen LogP contribution is 2.43. The third kappa shape index (κ3) is 4.11. The Morgan fingerprint density at radius 1 is 1.15 bits per heavy atom. The molecule has 0 heterocycles. The molecule has 3 rings (SSSR count). The van der Waals surface area contributed by atoms with E-state index in [-0.39, 0.29) is 17.4 Å². The number of nitro groups is 1. The Balaban J connectivity index is 2.10. The van der Waals surface area contributed by atoms with Crippen molar-refractivity contribution >= 4 is 21.9 Å². The lowest BCUT2D eigenvalue weighted by atomic mass is 9.71. The summed E-state index contributed by atoms with van der Waals surface area (Å²) < 4.78 is 6.10. The predicted molar refractivity (Wildman–Crippen MR) is 106 cm³/mol. The summed E-state index contributed by atoms with van der Waals surface area (Å²) in [6.07, 6.45) is 2.23. The number of benzene rings is 2. The molecule has 2 aromatic rings. The smallest absolute Gasteiger partial charge is 0.334 e. The van der Waals surface area contributed by atoms with Crippen molar-refractivity contribution in [1.29, 1.82) is 0 Å². The van der Waals surface area contributed by atoms with Gasteiger partial charge in [-0.25, -0.2) is 4.79 Å². The third-order valence-electron chi connectivity index (χ3n) is 4.89. The molecule has 0 amide bonds. The Morgan fingerprint density at radius 3 is 2.41 bits per heavy atom. The molecule has 0 saturated carbocycles. The summed E-state index contributed by atoms with van der Waals surface area (Å²) >= 11 is 3.40. The molecule has 0 N–H and O–H groups in total. The predicted octanol–water partition coefficient (Wildman–Crippen LogP) is 4.86. The van der Waals surface area contributed by atoms with Gasteiger partial charge in [-0.15, -0.1) is 0 Å².